The molecule has 1 fully saturated rings. The summed E-state index contributed by atoms with van der Waals surface area (Å²) in [6.07, 6.45) is 3.71. The highest BCUT2D eigenvalue weighted by Crippen LogP contribution is 2.36. The molecule has 0 aliphatic carbocycles. The molecule has 1 saturated heterocycles. The second-order valence-corrected chi connectivity index (χ2v) is 8.51. The summed E-state index contributed by atoms with van der Waals surface area (Å²) < 4.78 is 1.72. The summed E-state index contributed by atoms with van der Waals surface area (Å²) in [4.78, 5) is 11.6. The van der Waals surface area contributed by atoms with E-state index in [0.717, 1.165) is 35.1 Å². The normalized spacial score (nSPS) is 19.7. The van der Waals surface area contributed by atoms with E-state index in [0.29, 0.717) is 34.0 Å². The van der Waals surface area contributed by atoms with E-state index in [4.69, 9.17) is 11.6 Å². The minimum Gasteiger partial charge on any atom is -0.507 e. The van der Waals surface area contributed by atoms with Gasteiger partial charge in [0.25, 0.3) is 0 Å². The van der Waals surface area contributed by atoms with Gasteiger partial charge in [-0.15, -0.1) is 0 Å². The first-order valence-electron chi connectivity index (χ1n) is 10.0. The number of aryl methyl sites for hydroxylation is 1. The molecule has 0 saturated carbocycles. The number of nitrogens with one attached hydrogen (secondary N) is 1. The lowest BCUT2D eigenvalue weighted by Crippen LogP contribution is -2.54. The van der Waals surface area contributed by atoms with E-state index in [1.54, 1.807) is 16.9 Å². The first-order valence-corrected chi connectivity index (χ1v) is 10.4. The number of fused-ring (bicyclic) bond motifs is 2. The molecule has 4 aromatic rings. The number of aromatic nitrogens is 4. The lowest BCUT2D eigenvalue weighted by atomic mass is 10.1. The van der Waals surface area contributed by atoms with Gasteiger partial charge in [0.1, 0.15) is 5.75 Å². The maximum absolute atomic E-state index is 10.5. The summed E-state index contributed by atoms with van der Waals surface area (Å²) >= 11 is 6.78. The smallest absolute Gasteiger partial charge is 0.161 e. The molecule has 3 aromatic heterocycles. The number of benzene rings is 1. The Balaban J connectivity index is 1.56. The molecule has 0 bridgehead atoms. The third-order valence-corrected chi connectivity index (χ3v) is 5.95. The molecule has 8 heteroatoms. The van der Waals surface area contributed by atoms with E-state index in [1.807, 2.05) is 31.4 Å². The van der Waals surface area contributed by atoms with Crippen molar-refractivity contribution in [2.24, 2.45) is 7.05 Å². The van der Waals surface area contributed by atoms with Crippen molar-refractivity contribution >= 4 is 39.2 Å². The lowest BCUT2D eigenvalue weighted by molar-refractivity contribution is 0.407. The van der Waals surface area contributed by atoms with Gasteiger partial charge >= 0.3 is 0 Å². The molecule has 0 radical (unpaired) electrons. The molecule has 1 aromatic carbocycles. The van der Waals surface area contributed by atoms with Gasteiger partial charge in [0.05, 0.1) is 28.1 Å². The summed E-state index contributed by atoms with van der Waals surface area (Å²) in [5.74, 6) is 0.138. The highest BCUT2D eigenvalue weighted by Gasteiger charge is 2.24. The Bertz CT molecular complexity index is 1260. The third kappa shape index (κ3) is 3.24. The van der Waals surface area contributed by atoms with E-state index in [2.05, 4.69) is 39.1 Å². The van der Waals surface area contributed by atoms with E-state index in [1.165, 1.54) is 0 Å². The number of pyridine rings is 2. The number of aromatic hydroxyl groups is 1. The molecule has 1 aliphatic rings. The Morgan fingerprint density at radius 1 is 1.17 bits per heavy atom. The van der Waals surface area contributed by atoms with Crippen LogP contribution in [0, 0.1) is 0 Å². The van der Waals surface area contributed by atoms with Crippen LogP contribution >= 0.6 is 11.6 Å². The van der Waals surface area contributed by atoms with Gasteiger partial charge in [-0.25, -0.2) is 9.97 Å². The SMILES string of the molecule is C[C@H]1CN(c2cnc3nc(-c4cc5cn(C)nc5cc4O)ccc3c2Cl)C[C@H](C)N1. The molecule has 0 spiro atoms. The fourth-order valence-electron chi connectivity index (χ4n) is 4.32. The minimum absolute atomic E-state index is 0.138. The van der Waals surface area contributed by atoms with Crippen molar-refractivity contribution in [3.63, 3.8) is 0 Å². The fourth-order valence-corrected chi connectivity index (χ4v) is 4.63. The second kappa shape index (κ2) is 7.11. The van der Waals surface area contributed by atoms with Crippen LogP contribution in [0.25, 0.3) is 33.2 Å². The number of phenols is 1. The molecule has 1 aliphatic heterocycles. The topological polar surface area (TPSA) is 79.1 Å². The van der Waals surface area contributed by atoms with Crippen LogP contribution in [0.3, 0.4) is 0 Å². The van der Waals surface area contributed by atoms with Crippen molar-refractivity contribution in [3.05, 3.63) is 41.7 Å². The number of hydrogen-bond acceptors (Lipinski definition) is 6. The number of rotatable bonds is 2. The Morgan fingerprint density at radius 3 is 2.70 bits per heavy atom. The van der Waals surface area contributed by atoms with Gasteiger partial charge in [-0.05, 0) is 32.0 Å². The van der Waals surface area contributed by atoms with Gasteiger partial charge in [0.2, 0.25) is 0 Å². The van der Waals surface area contributed by atoms with Gasteiger partial charge in [-0.1, -0.05) is 11.6 Å². The number of hydrogen-bond donors (Lipinski definition) is 2. The van der Waals surface area contributed by atoms with Gasteiger partial charge in [0, 0.05) is 60.8 Å². The van der Waals surface area contributed by atoms with E-state index in [-0.39, 0.29) is 5.75 Å². The van der Waals surface area contributed by atoms with E-state index < -0.39 is 0 Å². The Morgan fingerprint density at radius 2 is 1.93 bits per heavy atom. The molecule has 5 rings (SSSR count). The minimum atomic E-state index is 0.138. The highest BCUT2D eigenvalue weighted by molar-refractivity contribution is 6.37. The van der Waals surface area contributed by atoms with Crippen LogP contribution in [0.1, 0.15) is 13.8 Å². The first kappa shape index (κ1) is 19.1. The predicted octanol–water partition coefficient (Wildman–Crippen LogP) is 3.73. The molecule has 0 unspecified atom stereocenters. The summed E-state index contributed by atoms with van der Waals surface area (Å²) in [7, 11) is 1.86. The third-order valence-electron chi connectivity index (χ3n) is 5.56. The summed E-state index contributed by atoms with van der Waals surface area (Å²) in [6.45, 7) is 6.10. The van der Waals surface area contributed by atoms with Crippen LogP contribution in [0.5, 0.6) is 5.75 Å². The maximum Gasteiger partial charge on any atom is 0.161 e. The summed E-state index contributed by atoms with van der Waals surface area (Å²) in [5.41, 5.74) is 3.52. The number of anilines is 1. The molecule has 0 amide bonds. The Kier molecular flexibility index (Phi) is 4.52. The first-order chi connectivity index (χ1) is 14.4. The predicted molar refractivity (Wildman–Crippen MR) is 120 cm³/mol. The zero-order valence-electron chi connectivity index (χ0n) is 17.1. The standard InChI is InChI=1S/C22H23ClN6O/c1-12-9-29(10-13(2)25-12)19-8-24-22-15(21(19)23)4-5-17(26-22)16-6-14-11-28(3)27-18(14)7-20(16)30/h4-8,11-13,25,30H,9-10H2,1-3H3/t12-,13-/m0/s1. The van der Waals surface area contributed by atoms with Gasteiger partial charge in [-0.2, -0.15) is 5.10 Å². The van der Waals surface area contributed by atoms with Crippen molar-refractivity contribution in [1.29, 1.82) is 0 Å². The Labute approximate surface area is 179 Å². The van der Waals surface area contributed by atoms with Gasteiger partial charge in [0.15, 0.2) is 5.65 Å². The fraction of sp³-hybridized carbons (Fsp3) is 0.318. The number of phenolic OH excluding ortho intramolecular Hbond substituents is 1. The largest absolute Gasteiger partial charge is 0.507 e. The van der Waals surface area contributed by atoms with Gasteiger partial charge in [-0.3, -0.25) is 4.68 Å². The summed E-state index contributed by atoms with van der Waals surface area (Å²) in [6, 6.07) is 8.12. The number of halogens is 1. The second-order valence-electron chi connectivity index (χ2n) is 8.13. The van der Waals surface area contributed by atoms with Crippen molar-refractivity contribution in [3.8, 4) is 17.0 Å². The van der Waals surface area contributed by atoms with Crippen molar-refractivity contribution in [2.75, 3.05) is 18.0 Å². The maximum atomic E-state index is 10.5. The van der Waals surface area contributed by atoms with Crippen LogP contribution in [0.2, 0.25) is 5.02 Å². The molecular formula is C22H23ClN6O. The molecule has 4 heterocycles. The number of piperazine rings is 1. The quantitative estimate of drug-likeness (QED) is 0.512. The van der Waals surface area contributed by atoms with Crippen molar-refractivity contribution < 1.29 is 5.11 Å². The van der Waals surface area contributed by atoms with Crippen molar-refractivity contribution in [2.45, 2.75) is 25.9 Å². The number of nitrogens with zero attached hydrogens (tertiary/aromatic N) is 5. The van der Waals surface area contributed by atoms with E-state index in [9.17, 15) is 5.11 Å². The molecule has 30 heavy (non-hydrogen) atoms. The van der Waals surface area contributed by atoms with Crippen LogP contribution in [0.15, 0.2) is 36.7 Å². The zero-order valence-corrected chi connectivity index (χ0v) is 17.9. The molecule has 7 nitrogen and oxygen atoms in total. The van der Waals surface area contributed by atoms with Crippen LogP contribution < -0.4 is 10.2 Å². The molecule has 2 atom stereocenters. The molecular weight excluding hydrogens is 400 g/mol. The molecule has 2 N–H and O–H groups in total. The van der Waals surface area contributed by atoms with Crippen molar-refractivity contribution in [1.82, 2.24) is 25.1 Å². The average Bonchev–Trinajstić information content (AvgIpc) is 3.05. The molecule has 154 valence electrons. The van der Waals surface area contributed by atoms with E-state index >= 15 is 0 Å². The van der Waals surface area contributed by atoms with Crippen LogP contribution in [0.4, 0.5) is 5.69 Å². The van der Waals surface area contributed by atoms with Crippen LogP contribution in [-0.2, 0) is 7.05 Å². The monoisotopic (exact) mass is 422 g/mol. The van der Waals surface area contributed by atoms with Gasteiger partial charge < -0.3 is 15.3 Å². The lowest BCUT2D eigenvalue weighted by Gasteiger charge is -2.37. The highest BCUT2D eigenvalue weighted by atomic mass is 35.5. The van der Waals surface area contributed by atoms with Crippen LogP contribution in [-0.4, -0.2) is 50.0 Å². The average molecular weight is 423 g/mol. The Hall–Kier alpha value is -2.90. The zero-order chi connectivity index (χ0) is 21.0. The summed E-state index contributed by atoms with van der Waals surface area (Å²) in [5, 5.41) is 20.8.